The van der Waals surface area contributed by atoms with Gasteiger partial charge in [-0.15, -0.1) is 0 Å². The Morgan fingerprint density at radius 3 is 0.500 bits per heavy atom. The van der Waals surface area contributed by atoms with E-state index in [1.807, 2.05) is 0 Å². The quantitative estimate of drug-likeness (QED) is 0.426. The van der Waals surface area contributed by atoms with Gasteiger partial charge < -0.3 is 27.7 Å². The second-order valence-corrected chi connectivity index (χ2v) is 0. The van der Waals surface area contributed by atoms with Gasteiger partial charge in [-0.1, -0.05) is 0 Å². The van der Waals surface area contributed by atoms with Gasteiger partial charge in [-0.05, 0) is 0 Å². The normalized spacial score (nSPS) is 2.40. The Hall–Kier alpha value is 1.43. The summed E-state index contributed by atoms with van der Waals surface area (Å²) in [5.41, 5.74) is 0. The third kappa shape index (κ3) is 328. The van der Waals surface area contributed by atoms with Gasteiger partial charge >= 0.3 is 21.7 Å². The summed E-state index contributed by atoms with van der Waals surface area (Å²) in [5.74, 6) is 0. The van der Waals surface area contributed by atoms with Gasteiger partial charge in [0.25, 0.3) is 0 Å². The zero-order valence-electron chi connectivity index (χ0n) is 7.83. The molecule has 0 rings (SSSR count). The number of rotatable bonds is 0. The van der Waals surface area contributed by atoms with Crippen molar-refractivity contribution in [3.63, 3.8) is 0 Å². The number of hydrogen-bond donors (Lipinski definition) is 0. The predicted molar refractivity (Wildman–Crippen MR) is 44.1 cm³/mol. The fraction of sp³-hybridized carbons (Fsp3) is 0.500. The summed E-state index contributed by atoms with van der Waals surface area (Å²) in [5, 5.41) is 0. The van der Waals surface area contributed by atoms with Gasteiger partial charge in [0.05, 0.1) is 0 Å². The molecule has 0 bridgehead atoms. The van der Waals surface area contributed by atoms with Crippen molar-refractivity contribution in [2.75, 3.05) is 0 Å². The molecule has 0 saturated heterocycles. The molecule has 2 heteroatoms. The molecule has 0 aromatic heterocycles. The van der Waals surface area contributed by atoms with Gasteiger partial charge in [0.2, 0.25) is 0 Å². The molecule has 0 aliphatic rings. The molecular weight excluding hydrogens is 192 g/mol. The average Bonchev–Trinajstić information content (AvgIpc) is 2.03. The van der Waals surface area contributed by atoms with Crippen LogP contribution in [0.25, 0.3) is 0 Å². The van der Waals surface area contributed by atoms with Crippen LogP contribution in [0.3, 0.4) is 0 Å². The largest absolute Gasteiger partial charge is 4.00 e. The first-order chi connectivity index (χ1) is 4.00. The van der Waals surface area contributed by atoms with E-state index in [1.54, 1.807) is 27.7 Å². The van der Waals surface area contributed by atoms with Gasteiger partial charge in [0.1, 0.15) is 0 Å². The van der Waals surface area contributed by atoms with Crippen LogP contribution in [-0.4, -0.2) is 0 Å². The fourth-order valence-electron chi connectivity index (χ4n) is 0. The third-order valence-corrected chi connectivity index (χ3v) is 0. The van der Waals surface area contributed by atoms with E-state index in [-0.39, 0.29) is 43.4 Å². The molecule has 0 fully saturated rings. The van der Waals surface area contributed by atoms with E-state index in [0.717, 1.165) is 0 Å². The fourth-order valence-corrected chi connectivity index (χ4v) is 0. The maximum Gasteiger partial charge on any atom is 4.00 e. The Kier molecular flexibility index (Phi) is 1920. The van der Waals surface area contributed by atoms with Crippen molar-refractivity contribution >= 4 is 0 Å². The summed E-state index contributed by atoms with van der Waals surface area (Å²) < 4.78 is 0. The molecule has 0 nitrogen and oxygen atoms in total. The molecule has 0 aliphatic carbocycles. The topological polar surface area (TPSA) is 0 Å². The molecule has 0 amide bonds. The average molecular weight is 212 g/mol. The minimum atomic E-state index is 0. The van der Waals surface area contributed by atoms with Crippen LogP contribution in [0.4, 0.5) is 0 Å². The van der Waals surface area contributed by atoms with Crippen molar-refractivity contribution < 1.29 is 43.4 Å². The maximum atomic E-state index is 3.25. The predicted octanol–water partition coefficient (Wildman–Crippen LogP) is 3.36. The van der Waals surface area contributed by atoms with Gasteiger partial charge in [-0.3, -0.25) is 0 Å². The van der Waals surface area contributed by atoms with E-state index in [0.29, 0.717) is 0 Å². The standard InChI is InChI=1S/4C2H5.2Ti/c4*1-2;;/h4*1H2,2H3;;/q4*-1;;+4. The first-order valence-corrected chi connectivity index (χ1v) is 2.83. The van der Waals surface area contributed by atoms with Crippen LogP contribution < -0.4 is 0 Å². The van der Waals surface area contributed by atoms with Crippen molar-refractivity contribution in [1.29, 1.82) is 0 Å². The zero-order valence-corrected chi connectivity index (χ0v) is 11.0. The molecule has 0 spiro atoms. The SMILES string of the molecule is [CH2-]C.[CH2-]C.[CH2-]C.[CH2-]C.[Ti+4].[Ti]. The molecule has 60 valence electrons. The first-order valence-electron chi connectivity index (χ1n) is 2.83. The minimum absolute atomic E-state index is 0. The molecular formula is C8H20Ti2. The second kappa shape index (κ2) is 454. The Labute approximate surface area is 98.3 Å². The molecule has 0 heterocycles. The summed E-state index contributed by atoms with van der Waals surface area (Å²) in [6.45, 7) is 20.0. The van der Waals surface area contributed by atoms with E-state index < -0.39 is 0 Å². The first kappa shape index (κ1) is 42.2. The molecule has 0 aromatic carbocycles. The molecule has 0 aromatic rings. The van der Waals surface area contributed by atoms with Crippen LogP contribution in [0.15, 0.2) is 0 Å². The zero-order chi connectivity index (χ0) is 8.00. The Bertz CT molecular complexity index is 7.22. The summed E-state index contributed by atoms with van der Waals surface area (Å²) in [7, 11) is 0. The van der Waals surface area contributed by atoms with Gasteiger partial charge in [-0.25, -0.2) is 0 Å². The van der Waals surface area contributed by atoms with Crippen molar-refractivity contribution in [1.82, 2.24) is 0 Å². The van der Waals surface area contributed by atoms with Gasteiger partial charge in [0.15, 0.2) is 0 Å². The van der Waals surface area contributed by atoms with E-state index >= 15 is 0 Å². The van der Waals surface area contributed by atoms with E-state index in [9.17, 15) is 0 Å². The van der Waals surface area contributed by atoms with Crippen molar-refractivity contribution in [3.05, 3.63) is 27.7 Å². The number of hydrogen-bond acceptors (Lipinski definition) is 0. The Morgan fingerprint density at radius 1 is 0.500 bits per heavy atom. The second-order valence-electron chi connectivity index (χ2n) is 0. The Balaban J connectivity index is -0.00000000500. The molecule has 0 saturated carbocycles. The molecule has 10 heavy (non-hydrogen) atoms. The summed E-state index contributed by atoms with van der Waals surface area (Å²) in [6.07, 6.45) is 0. The maximum absolute atomic E-state index is 3.25. The van der Waals surface area contributed by atoms with Crippen LogP contribution in [0.5, 0.6) is 0 Å². The smallest absolute Gasteiger partial charge is 0.346 e. The van der Waals surface area contributed by atoms with E-state index in [1.165, 1.54) is 0 Å². The third-order valence-electron chi connectivity index (χ3n) is 0. The van der Waals surface area contributed by atoms with Crippen LogP contribution in [0, 0.1) is 27.7 Å². The van der Waals surface area contributed by atoms with Gasteiger partial charge in [-0.2, -0.15) is 27.7 Å². The van der Waals surface area contributed by atoms with Crippen molar-refractivity contribution in [3.8, 4) is 0 Å². The monoisotopic (exact) mass is 212 g/mol. The molecule has 0 radical (unpaired) electrons. The minimum Gasteiger partial charge on any atom is -0.346 e. The summed E-state index contributed by atoms with van der Waals surface area (Å²) in [6, 6.07) is 0. The molecule has 0 N–H and O–H groups in total. The van der Waals surface area contributed by atoms with Crippen LogP contribution in [0.1, 0.15) is 27.7 Å². The van der Waals surface area contributed by atoms with Crippen molar-refractivity contribution in [2.24, 2.45) is 0 Å². The molecule has 0 aliphatic heterocycles. The summed E-state index contributed by atoms with van der Waals surface area (Å²) >= 11 is 0. The van der Waals surface area contributed by atoms with Crippen LogP contribution >= 0.6 is 0 Å². The van der Waals surface area contributed by atoms with Crippen LogP contribution in [-0.2, 0) is 43.4 Å². The van der Waals surface area contributed by atoms with E-state index in [4.69, 9.17) is 0 Å². The Morgan fingerprint density at radius 2 is 0.500 bits per heavy atom. The van der Waals surface area contributed by atoms with Crippen molar-refractivity contribution in [2.45, 2.75) is 27.7 Å². The molecule has 0 unspecified atom stereocenters. The summed E-state index contributed by atoms with van der Waals surface area (Å²) in [4.78, 5) is 0. The van der Waals surface area contributed by atoms with E-state index in [2.05, 4.69) is 27.7 Å². The molecule has 0 atom stereocenters. The van der Waals surface area contributed by atoms with Gasteiger partial charge in [0, 0.05) is 21.7 Å². The van der Waals surface area contributed by atoms with Crippen LogP contribution in [0.2, 0.25) is 0 Å².